The first-order chi connectivity index (χ1) is 13.9. The van der Waals surface area contributed by atoms with E-state index in [9.17, 15) is 19.5 Å². The summed E-state index contributed by atoms with van der Waals surface area (Å²) in [5.74, 6) is -0.220. The molecule has 0 amide bonds. The van der Waals surface area contributed by atoms with E-state index < -0.39 is 39.0 Å². The molecule has 0 saturated carbocycles. The Labute approximate surface area is 193 Å². The van der Waals surface area contributed by atoms with Crippen LogP contribution in [0.5, 0.6) is 0 Å². The van der Waals surface area contributed by atoms with Gasteiger partial charge in [-0.2, -0.15) is 0 Å². The minimum atomic E-state index is -2.88. The van der Waals surface area contributed by atoms with Crippen molar-refractivity contribution in [1.82, 2.24) is 14.5 Å². The first-order valence-corrected chi connectivity index (χ1v) is 9.67. The predicted octanol–water partition coefficient (Wildman–Crippen LogP) is -2.96. The summed E-state index contributed by atoms with van der Waals surface area (Å²) in [5.41, 5.74) is 7.60. The Kier molecular flexibility index (Phi) is 7.41. The Morgan fingerprint density at radius 1 is 1.23 bits per heavy atom. The summed E-state index contributed by atoms with van der Waals surface area (Å²) in [5, 5.41) is 21.2. The molecule has 5 unspecified atom stereocenters. The molecule has 3 heterocycles. The molecule has 0 radical (unpaired) electrons. The summed E-state index contributed by atoms with van der Waals surface area (Å²) in [6, 6.07) is 5.73. The van der Waals surface area contributed by atoms with Crippen molar-refractivity contribution in [3.8, 4) is 11.1 Å². The number of hydrogen-bond acceptors (Lipinski definition) is 9. The summed E-state index contributed by atoms with van der Waals surface area (Å²) in [6.45, 7) is -0.387. The average molecular weight is 446 g/mol. The van der Waals surface area contributed by atoms with Gasteiger partial charge in [0.05, 0.1) is 20.6 Å². The Morgan fingerprint density at radius 3 is 2.60 bits per heavy atom. The number of nitrogen functional groups attached to an aromatic ring is 1. The van der Waals surface area contributed by atoms with E-state index in [1.165, 1.54) is 23.0 Å². The van der Waals surface area contributed by atoms with Crippen LogP contribution in [0.15, 0.2) is 36.8 Å². The van der Waals surface area contributed by atoms with Crippen molar-refractivity contribution in [2.45, 2.75) is 24.5 Å². The molecule has 10 nitrogen and oxygen atoms in total. The summed E-state index contributed by atoms with van der Waals surface area (Å²) >= 11 is 0. The Hall–Kier alpha value is -1.24. The maximum atomic E-state index is 13.3. The van der Waals surface area contributed by atoms with E-state index in [-0.39, 0.29) is 42.0 Å². The summed E-state index contributed by atoms with van der Waals surface area (Å²) in [4.78, 5) is 27.8. The van der Waals surface area contributed by atoms with Crippen molar-refractivity contribution < 1.29 is 63.2 Å². The third-order valence-electron chi connectivity index (χ3n) is 4.75. The fraction of sp³-hybridized carbons (Fsp3) is 0.294. The van der Waals surface area contributed by atoms with Crippen LogP contribution in [-0.4, -0.2) is 54.6 Å². The molecule has 1 aliphatic rings. The number of benzene rings is 1. The number of nitrogens with two attached hydrogens (primary N) is 1. The summed E-state index contributed by atoms with van der Waals surface area (Å²) in [6.07, 6.45) is -1.97. The van der Waals surface area contributed by atoms with Crippen LogP contribution in [0, 0.1) is 5.82 Å². The van der Waals surface area contributed by atoms with Gasteiger partial charge in [0.15, 0.2) is 6.23 Å². The van der Waals surface area contributed by atoms with Crippen LogP contribution in [0.4, 0.5) is 10.2 Å². The van der Waals surface area contributed by atoms with Gasteiger partial charge in [-0.05, 0) is 17.7 Å². The first kappa shape index (κ1) is 23.4. The molecule has 1 saturated heterocycles. The zero-order valence-electron chi connectivity index (χ0n) is 15.8. The second-order valence-corrected chi connectivity index (χ2v) is 7.23. The summed E-state index contributed by atoms with van der Waals surface area (Å²) < 4.78 is 25.1. The minimum absolute atomic E-state index is 0. The van der Waals surface area contributed by atoms with E-state index in [2.05, 4.69) is 14.5 Å². The molecular weight excluding hydrogens is 429 g/mol. The molecule has 0 spiro atoms. The number of anilines is 1. The number of aromatic nitrogens is 3. The zero-order valence-corrected chi connectivity index (χ0v) is 18.7. The minimum Gasteiger partial charge on any atom is -0.786 e. The van der Waals surface area contributed by atoms with Crippen molar-refractivity contribution >= 4 is 25.5 Å². The molecule has 13 heteroatoms. The van der Waals surface area contributed by atoms with Gasteiger partial charge in [0.25, 0.3) is 0 Å². The topological polar surface area (TPSA) is 159 Å². The standard InChI is InChI=1S/C17H17FN4O6P.Na/c18-9-3-1-8(2-4-9)10-5-22(16-12(10)15(19)20-7-21-16)17-14(24)13(23)11(28-17)6-27-29(25)26;/h1-5,7,11,13-14,17,23-25H,6H2,(H2,19,20,21);/q-1;+1. The molecule has 2 aromatic heterocycles. The van der Waals surface area contributed by atoms with Gasteiger partial charge in [0, 0.05) is 11.8 Å². The summed E-state index contributed by atoms with van der Waals surface area (Å²) in [7, 11) is -2.88. The van der Waals surface area contributed by atoms with Crippen LogP contribution in [0.1, 0.15) is 6.23 Å². The molecule has 3 aromatic rings. The third kappa shape index (κ3) is 4.37. The molecular formula is C17H17FN4NaO6P. The van der Waals surface area contributed by atoms with E-state index in [1.54, 1.807) is 18.3 Å². The van der Waals surface area contributed by atoms with E-state index in [0.717, 1.165) is 0 Å². The molecule has 30 heavy (non-hydrogen) atoms. The van der Waals surface area contributed by atoms with Gasteiger partial charge in [0.1, 0.15) is 41.9 Å². The van der Waals surface area contributed by atoms with Gasteiger partial charge in [0.2, 0.25) is 0 Å². The number of ether oxygens (including phenoxy) is 1. The smallest absolute Gasteiger partial charge is 0.786 e. The molecule has 0 aliphatic carbocycles. The average Bonchev–Trinajstić information content (AvgIpc) is 3.20. The van der Waals surface area contributed by atoms with Crippen molar-refractivity contribution in [3.05, 3.63) is 42.6 Å². The van der Waals surface area contributed by atoms with Gasteiger partial charge in [-0.3, -0.25) is 0 Å². The number of aliphatic hydroxyl groups excluding tert-OH is 2. The number of halogens is 1. The fourth-order valence-corrected chi connectivity index (χ4v) is 3.66. The van der Waals surface area contributed by atoms with Crippen molar-refractivity contribution in [3.63, 3.8) is 0 Å². The van der Waals surface area contributed by atoms with Crippen LogP contribution in [-0.2, 0) is 9.26 Å². The third-order valence-corrected chi connectivity index (χ3v) is 5.12. The molecule has 1 fully saturated rings. The fourth-order valence-electron chi connectivity index (χ4n) is 3.38. The van der Waals surface area contributed by atoms with Crippen LogP contribution >= 0.6 is 8.60 Å². The Morgan fingerprint density at radius 2 is 1.93 bits per heavy atom. The largest absolute Gasteiger partial charge is 1.00 e. The van der Waals surface area contributed by atoms with Crippen LogP contribution in [0.2, 0.25) is 0 Å². The van der Waals surface area contributed by atoms with Crippen molar-refractivity contribution in [2.75, 3.05) is 12.3 Å². The number of fused-ring (bicyclic) bond motifs is 1. The predicted molar refractivity (Wildman–Crippen MR) is 98.3 cm³/mol. The molecule has 5 N–H and O–H groups in total. The van der Waals surface area contributed by atoms with Crippen LogP contribution in [0.25, 0.3) is 22.2 Å². The first-order valence-electron chi connectivity index (χ1n) is 8.54. The Bertz CT molecular complexity index is 1020. The van der Waals surface area contributed by atoms with Gasteiger partial charge in [-0.15, -0.1) is 0 Å². The van der Waals surface area contributed by atoms with E-state index in [0.29, 0.717) is 22.2 Å². The van der Waals surface area contributed by atoms with Gasteiger partial charge in [-0.25, -0.2) is 14.4 Å². The normalized spacial score (nSPS) is 24.7. The number of nitrogens with zero attached hydrogens (tertiary/aromatic N) is 3. The van der Waals surface area contributed by atoms with Crippen molar-refractivity contribution in [2.24, 2.45) is 0 Å². The molecule has 1 aromatic carbocycles. The van der Waals surface area contributed by atoms with Crippen LogP contribution < -0.4 is 40.2 Å². The number of rotatable bonds is 5. The van der Waals surface area contributed by atoms with E-state index in [4.69, 9.17) is 15.4 Å². The SMILES string of the molecule is Nc1ncnc2c1c(-c1ccc(F)cc1)cn2C1OC(COP([O-])O)C(O)C1O.[Na+]. The van der Waals surface area contributed by atoms with Crippen LogP contribution in [0.3, 0.4) is 0 Å². The Balaban J connectivity index is 0.00000256. The molecule has 1 aliphatic heterocycles. The monoisotopic (exact) mass is 446 g/mol. The maximum absolute atomic E-state index is 13.3. The van der Waals surface area contributed by atoms with E-state index in [1.807, 2.05) is 0 Å². The molecule has 154 valence electrons. The molecule has 0 bridgehead atoms. The van der Waals surface area contributed by atoms with E-state index >= 15 is 0 Å². The van der Waals surface area contributed by atoms with Gasteiger partial charge >= 0.3 is 29.6 Å². The number of aliphatic hydroxyl groups is 2. The van der Waals surface area contributed by atoms with Crippen molar-refractivity contribution in [1.29, 1.82) is 0 Å². The maximum Gasteiger partial charge on any atom is 1.00 e. The van der Waals surface area contributed by atoms with Gasteiger partial charge < -0.3 is 39.6 Å². The second kappa shape index (κ2) is 9.49. The van der Waals surface area contributed by atoms with Gasteiger partial charge in [-0.1, -0.05) is 12.1 Å². The number of hydrogen-bond donors (Lipinski definition) is 4. The second-order valence-electron chi connectivity index (χ2n) is 6.49. The zero-order chi connectivity index (χ0) is 20.7. The molecule has 5 atom stereocenters. The molecule has 4 rings (SSSR count). The quantitative estimate of drug-likeness (QED) is 0.237.